The van der Waals surface area contributed by atoms with Crippen LogP contribution in [0.25, 0.3) is 32.9 Å². The van der Waals surface area contributed by atoms with Crippen molar-refractivity contribution in [2.45, 2.75) is 67.0 Å². The van der Waals surface area contributed by atoms with E-state index in [1.54, 1.807) is 21.7 Å². The summed E-state index contributed by atoms with van der Waals surface area (Å²) < 4.78 is 11.8. The number of carboxylic acids is 1. The molecule has 3 aromatic carbocycles. The van der Waals surface area contributed by atoms with Crippen molar-refractivity contribution in [3.8, 4) is 22.6 Å². The van der Waals surface area contributed by atoms with Gasteiger partial charge in [-0.2, -0.15) is 5.10 Å². The van der Waals surface area contributed by atoms with Crippen molar-refractivity contribution in [3.05, 3.63) is 122 Å². The lowest BCUT2D eigenvalue weighted by molar-refractivity contribution is 0.0686. The maximum absolute atomic E-state index is 15.4. The van der Waals surface area contributed by atoms with Gasteiger partial charge in [0.2, 0.25) is 0 Å². The van der Waals surface area contributed by atoms with E-state index >= 15 is 4.79 Å². The van der Waals surface area contributed by atoms with Crippen LogP contribution in [0.2, 0.25) is 10.0 Å². The molecule has 0 spiro atoms. The second-order valence-corrected chi connectivity index (χ2v) is 16.2. The third-order valence-corrected chi connectivity index (χ3v) is 12.3. The van der Waals surface area contributed by atoms with Gasteiger partial charge in [0.15, 0.2) is 0 Å². The number of aromatic carboxylic acids is 1. The van der Waals surface area contributed by atoms with Crippen molar-refractivity contribution in [2.24, 2.45) is 7.05 Å². The third kappa shape index (κ3) is 6.46. The van der Waals surface area contributed by atoms with Crippen molar-refractivity contribution < 1.29 is 24.5 Å². The monoisotopic (exact) mass is 818 g/mol. The molecule has 0 saturated carbocycles. The summed E-state index contributed by atoms with van der Waals surface area (Å²) in [5, 5.41) is 28.8. The topological polar surface area (TPSA) is 128 Å². The van der Waals surface area contributed by atoms with Crippen LogP contribution in [-0.2, 0) is 20.0 Å². The Hall–Kier alpha value is -5.78. The summed E-state index contributed by atoms with van der Waals surface area (Å²) in [7, 11) is 1.91. The number of halogens is 2. The van der Waals surface area contributed by atoms with Crippen LogP contribution >= 0.6 is 23.2 Å². The van der Waals surface area contributed by atoms with Gasteiger partial charge in [-0.15, -0.1) is 0 Å². The van der Waals surface area contributed by atoms with Crippen LogP contribution in [0.1, 0.15) is 79.7 Å². The highest BCUT2D eigenvalue weighted by Crippen LogP contribution is 2.46. The molecule has 1 unspecified atom stereocenters. The van der Waals surface area contributed by atoms with Gasteiger partial charge in [-0.1, -0.05) is 29.3 Å². The molecule has 0 aliphatic carbocycles. The second-order valence-electron chi connectivity index (χ2n) is 15.4. The molecule has 0 bridgehead atoms. The highest BCUT2D eigenvalue weighted by Gasteiger charge is 2.38. The van der Waals surface area contributed by atoms with Gasteiger partial charge in [-0.3, -0.25) is 14.5 Å². The normalized spacial score (nSPS) is 14.2. The minimum Gasteiger partial charge on any atom is -0.507 e. The quantitative estimate of drug-likeness (QED) is 0.132. The molecule has 1 aliphatic heterocycles. The van der Waals surface area contributed by atoms with Crippen molar-refractivity contribution in [1.82, 2.24) is 23.9 Å². The van der Waals surface area contributed by atoms with Crippen LogP contribution in [0, 0.1) is 34.6 Å². The van der Waals surface area contributed by atoms with E-state index in [0.29, 0.717) is 57.5 Å². The van der Waals surface area contributed by atoms with E-state index in [1.165, 1.54) is 12.1 Å². The number of anilines is 1. The molecule has 1 atom stereocenters. The highest BCUT2D eigenvalue weighted by atomic mass is 35.5. The largest absolute Gasteiger partial charge is 0.507 e. The summed E-state index contributed by atoms with van der Waals surface area (Å²) in [5.74, 6) is -0.763. The first-order valence-electron chi connectivity index (χ1n) is 19.2. The summed E-state index contributed by atoms with van der Waals surface area (Å²) in [6, 6.07) is 15.9. The first kappa shape index (κ1) is 39.1. The summed E-state index contributed by atoms with van der Waals surface area (Å²) in [6.45, 7) is 12.7. The standard InChI is InChI=1S/C45H44Cl2N6O5/c1-23-14-15-48-29(17-23)22-51-36(45(56)57)20-33-37(54)13-12-35(41(33)51)52-21-26(4)53-42-32(10-11-34(46)39(42)38-27(5)49-50(7)28(38)6)31(43(53)44(52)55)9-8-16-58-30-18-24(2)40(47)25(3)19-30/h10-15,17-20,26,54H,8-9,16,21-22H2,1-7H3,(H,56,57). The van der Waals surface area contributed by atoms with E-state index < -0.39 is 5.97 Å². The Morgan fingerprint density at radius 3 is 2.36 bits per heavy atom. The number of benzene rings is 3. The van der Waals surface area contributed by atoms with Gasteiger partial charge < -0.3 is 29.0 Å². The van der Waals surface area contributed by atoms with E-state index in [9.17, 15) is 15.0 Å². The van der Waals surface area contributed by atoms with Crippen molar-refractivity contribution in [2.75, 3.05) is 18.1 Å². The van der Waals surface area contributed by atoms with Gasteiger partial charge >= 0.3 is 5.97 Å². The predicted octanol–water partition coefficient (Wildman–Crippen LogP) is 9.93. The van der Waals surface area contributed by atoms with Gasteiger partial charge in [0, 0.05) is 58.4 Å². The lowest BCUT2D eigenvalue weighted by atomic mass is 9.98. The zero-order chi connectivity index (χ0) is 41.3. The Morgan fingerprint density at radius 2 is 1.69 bits per heavy atom. The lowest BCUT2D eigenvalue weighted by Gasteiger charge is -2.35. The molecule has 4 aromatic heterocycles. The first-order valence-corrected chi connectivity index (χ1v) is 20.0. The maximum Gasteiger partial charge on any atom is 0.352 e. The van der Waals surface area contributed by atoms with Crippen molar-refractivity contribution in [3.63, 3.8) is 0 Å². The smallest absolute Gasteiger partial charge is 0.352 e. The van der Waals surface area contributed by atoms with E-state index in [4.69, 9.17) is 33.0 Å². The maximum atomic E-state index is 15.4. The van der Waals surface area contributed by atoms with E-state index in [0.717, 1.165) is 61.4 Å². The molecule has 58 heavy (non-hydrogen) atoms. The number of pyridine rings is 1. The molecule has 0 fully saturated rings. The molecule has 8 rings (SSSR count). The van der Waals surface area contributed by atoms with Crippen molar-refractivity contribution >= 4 is 62.6 Å². The molecular formula is C45H44Cl2N6O5. The molecule has 7 aromatic rings. The Bertz CT molecular complexity index is 2810. The molecule has 298 valence electrons. The minimum atomic E-state index is -1.16. The Kier molecular flexibility index (Phi) is 10.0. The Balaban J connectivity index is 1.29. The number of hydrogen-bond donors (Lipinski definition) is 2. The molecule has 13 heteroatoms. The summed E-state index contributed by atoms with van der Waals surface area (Å²) in [6.07, 6.45) is 2.81. The van der Waals surface area contributed by atoms with Crippen LogP contribution in [0.3, 0.4) is 0 Å². The first-order chi connectivity index (χ1) is 27.7. The molecule has 2 N–H and O–H groups in total. The van der Waals surface area contributed by atoms with Crippen molar-refractivity contribution in [1.29, 1.82) is 0 Å². The summed E-state index contributed by atoms with van der Waals surface area (Å²) in [5.41, 5.74) is 10.2. The lowest BCUT2D eigenvalue weighted by Crippen LogP contribution is -2.43. The number of ether oxygens (including phenoxy) is 1. The molecule has 1 aliphatic rings. The number of fused-ring (bicyclic) bond motifs is 4. The number of aromatic nitrogens is 5. The second kappa shape index (κ2) is 14.9. The molecular weight excluding hydrogens is 775 g/mol. The number of nitrogens with zero attached hydrogens (tertiary/aromatic N) is 6. The predicted molar refractivity (Wildman–Crippen MR) is 228 cm³/mol. The number of carbonyl (C=O) groups is 2. The van der Waals surface area contributed by atoms with Crippen LogP contribution in [0.4, 0.5) is 5.69 Å². The van der Waals surface area contributed by atoms with Gasteiger partial charge in [0.25, 0.3) is 5.91 Å². The van der Waals surface area contributed by atoms with Gasteiger partial charge in [0.05, 0.1) is 46.3 Å². The molecule has 1 amide bonds. The molecule has 0 saturated heterocycles. The summed E-state index contributed by atoms with van der Waals surface area (Å²) in [4.78, 5) is 34.3. The third-order valence-electron chi connectivity index (χ3n) is 11.4. The van der Waals surface area contributed by atoms with Crippen LogP contribution in [0.5, 0.6) is 11.5 Å². The fourth-order valence-electron chi connectivity index (χ4n) is 8.69. The summed E-state index contributed by atoms with van der Waals surface area (Å²) >= 11 is 13.6. The van der Waals surface area contributed by atoms with E-state index in [-0.39, 0.29) is 36.5 Å². The molecule has 0 radical (unpaired) electrons. The number of hydrogen-bond acceptors (Lipinski definition) is 6. The number of amides is 1. The van der Waals surface area contributed by atoms with Crippen LogP contribution < -0.4 is 9.64 Å². The zero-order valence-electron chi connectivity index (χ0n) is 33.4. The van der Waals surface area contributed by atoms with Crippen LogP contribution in [0.15, 0.2) is 60.8 Å². The average Bonchev–Trinajstić information content (AvgIpc) is 3.80. The van der Waals surface area contributed by atoms with E-state index in [1.807, 2.05) is 82.7 Å². The number of carboxylic acid groups (broad SMARTS) is 1. The Labute approximate surface area is 346 Å². The molecule has 5 heterocycles. The van der Waals surface area contributed by atoms with Gasteiger partial charge in [-0.25, -0.2) is 4.79 Å². The molecule has 11 nitrogen and oxygen atoms in total. The number of phenolic OH excluding ortho intramolecular Hbond substituents is 1. The van der Waals surface area contributed by atoms with Gasteiger partial charge in [0.1, 0.15) is 22.9 Å². The number of phenols is 1. The number of aromatic hydroxyl groups is 1. The number of aryl methyl sites for hydroxylation is 6. The average molecular weight is 820 g/mol. The Morgan fingerprint density at radius 1 is 0.948 bits per heavy atom. The zero-order valence-corrected chi connectivity index (χ0v) is 35.0. The minimum absolute atomic E-state index is 0.0269. The number of carbonyl (C=O) groups excluding carboxylic acids is 1. The van der Waals surface area contributed by atoms with E-state index in [2.05, 4.69) is 16.5 Å². The fraction of sp³-hybridized carbons (Fsp3) is 0.289. The number of rotatable bonds is 10. The van der Waals surface area contributed by atoms with Crippen LogP contribution in [-0.4, -0.2) is 59.1 Å². The SMILES string of the molecule is Cc1ccnc(Cn2c(C(=O)O)cc3c(O)ccc(N4CC(C)n5c(c(CCCOc6cc(C)c(Cl)c(C)c6)c6ccc(Cl)c(-c7c(C)nn(C)c7C)c65)C4=O)c32)c1. The fourth-order valence-corrected chi connectivity index (χ4v) is 9.05. The highest BCUT2D eigenvalue weighted by molar-refractivity contribution is 6.35. The van der Waals surface area contributed by atoms with Gasteiger partial charge in [-0.05, 0) is 125 Å².